The van der Waals surface area contributed by atoms with Crippen LogP contribution < -0.4 is 19.1 Å². The number of methoxy groups -OCH3 is 2. The van der Waals surface area contributed by atoms with E-state index >= 15 is 0 Å². The molecule has 0 heterocycles. The van der Waals surface area contributed by atoms with E-state index in [-0.39, 0.29) is 17.8 Å². The number of carbonyl (C=O) groups is 1. The average molecular weight is 469 g/mol. The van der Waals surface area contributed by atoms with Crippen molar-refractivity contribution in [1.82, 2.24) is 0 Å². The van der Waals surface area contributed by atoms with Crippen molar-refractivity contribution in [3.05, 3.63) is 83.4 Å². The smallest absolute Gasteiger partial charge is 0.257 e. The summed E-state index contributed by atoms with van der Waals surface area (Å²) in [6.07, 6.45) is 1.85. The van der Waals surface area contributed by atoms with Crippen LogP contribution in [0.1, 0.15) is 28.4 Å². The zero-order valence-corrected chi connectivity index (χ0v) is 20.0. The molecule has 0 bridgehead atoms. The predicted molar refractivity (Wildman–Crippen MR) is 131 cm³/mol. The molecule has 0 radical (unpaired) electrons. The van der Waals surface area contributed by atoms with E-state index in [1.807, 2.05) is 61.5 Å². The number of carbonyl (C=O) groups excluding carboxylic acids is 1. The van der Waals surface area contributed by atoms with Crippen molar-refractivity contribution in [2.45, 2.75) is 19.9 Å². The number of hydrogen-bond donors (Lipinski definition) is 1. The van der Waals surface area contributed by atoms with Crippen molar-refractivity contribution < 1.29 is 22.7 Å². The highest BCUT2D eigenvalue weighted by Gasteiger charge is 2.27. The van der Waals surface area contributed by atoms with Crippen molar-refractivity contribution >= 4 is 27.3 Å². The molecule has 0 aliphatic rings. The van der Waals surface area contributed by atoms with Gasteiger partial charge in [0.2, 0.25) is 10.0 Å². The highest BCUT2D eigenvalue weighted by atomic mass is 32.2. The maximum absolute atomic E-state index is 13.4. The minimum atomic E-state index is -3.75. The Morgan fingerprint density at radius 1 is 0.939 bits per heavy atom. The van der Waals surface area contributed by atoms with Gasteiger partial charge in [-0.1, -0.05) is 55.5 Å². The van der Waals surface area contributed by atoms with Crippen LogP contribution in [-0.2, 0) is 23.0 Å². The number of nitrogens with zero attached hydrogens (tertiary/aromatic N) is 1. The van der Waals surface area contributed by atoms with Crippen LogP contribution in [0.3, 0.4) is 0 Å². The topological polar surface area (TPSA) is 84.9 Å². The molecule has 1 N–H and O–H groups in total. The Morgan fingerprint density at radius 2 is 1.55 bits per heavy atom. The van der Waals surface area contributed by atoms with Gasteiger partial charge in [-0.2, -0.15) is 0 Å². The summed E-state index contributed by atoms with van der Waals surface area (Å²) >= 11 is 0. The quantitative estimate of drug-likeness (QED) is 0.500. The normalized spacial score (nSPS) is 11.0. The van der Waals surface area contributed by atoms with E-state index in [0.29, 0.717) is 17.2 Å². The molecule has 3 aromatic carbocycles. The Labute approximate surface area is 195 Å². The van der Waals surface area contributed by atoms with Crippen LogP contribution in [0.5, 0.6) is 11.5 Å². The van der Waals surface area contributed by atoms with Gasteiger partial charge in [-0.3, -0.25) is 9.10 Å². The number of anilines is 2. The van der Waals surface area contributed by atoms with Gasteiger partial charge in [0.1, 0.15) is 0 Å². The number of nitrogens with one attached hydrogen (secondary N) is 1. The summed E-state index contributed by atoms with van der Waals surface area (Å²) in [5.41, 5.74) is 2.77. The van der Waals surface area contributed by atoms with Crippen LogP contribution in [0, 0.1) is 0 Å². The highest BCUT2D eigenvalue weighted by molar-refractivity contribution is 7.92. The SMILES string of the molecule is CCc1ccccc1NC(=O)c1cc(OC)c(OC)cc1N(Cc1ccccc1)S(C)(=O)=O. The number of rotatable bonds is 9. The van der Waals surface area contributed by atoms with Gasteiger partial charge < -0.3 is 14.8 Å². The summed E-state index contributed by atoms with van der Waals surface area (Å²) in [6.45, 7) is 2.05. The van der Waals surface area contributed by atoms with Gasteiger partial charge in [0.05, 0.1) is 38.3 Å². The van der Waals surface area contributed by atoms with Crippen LogP contribution in [0.25, 0.3) is 0 Å². The molecular weight excluding hydrogens is 440 g/mol. The summed E-state index contributed by atoms with van der Waals surface area (Å²) in [7, 11) is -0.824. The maximum Gasteiger partial charge on any atom is 0.257 e. The van der Waals surface area contributed by atoms with Crippen LogP contribution >= 0.6 is 0 Å². The molecule has 3 rings (SSSR count). The van der Waals surface area contributed by atoms with Crippen molar-refractivity contribution in [1.29, 1.82) is 0 Å². The Balaban J connectivity index is 2.15. The third-order valence-corrected chi connectivity index (χ3v) is 6.36. The number of hydrogen-bond acceptors (Lipinski definition) is 5. The lowest BCUT2D eigenvalue weighted by molar-refractivity contribution is 0.102. The van der Waals surface area contributed by atoms with Crippen LogP contribution in [-0.4, -0.2) is 34.8 Å². The standard InChI is InChI=1S/C25H28N2O5S/c1-5-19-13-9-10-14-21(19)26-25(28)20-15-23(31-2)24(32-3)16-22(20)27(33(4,29)30)17-18-11-7-6-8-12-18/h6-16H,5,17H2,1-4H3,(H,26,28). The number of para-hydroxylation sites is 1. The zero-order chi connectivity index (χ0) is 24.0. The third-order valence-electron chi connectivity index (χ3n) is 5.23. The summed E-state index contributed by atoms with van der Waals surface area (Å²) in [4.78, 5) is 13.4. The van der Waals surface area contributed by atoms with Crippen LogP contribution in [0.2, 0.25) is 0 Å². The van der Waals surface area contributed by atoms with E-state index in [9.17, 15) is 13.2 Å². The lowest BCUT2D eigenvalue weighted by Crippen LogP contribution is -2.31. The van der Waals surface area contributed by atoms with Gasteiger partial charge in [0.25, 0.3) is 5.91 Å². The Bertz CT molecular complexity index is 1230. The molecule has 0 atom stereocenters. The lowest BCUT2D eigenvalue weighted by atomic mass is 10.1. The first-order chi connectivity index (χ1) is 15.8. The van der Waals surface area contributed by atoms with Crippen LogP contribution in [0.4, 0.5) is 11.4 Å². The lowest BCUT2D eigenvalue weighted by Gasteiger charge is -2.26. The molecule has 0 fully saturated rings. The fraction of sp³-hybridized carbons (Fsp3) is 0.240. The fourth-order valence-electron chi connectivity index (χ4n) is 3.53. The first kappa shape index (κ1) is 24.1. The Kier molecular flexibility index (Phi) is 7.60. The predicted octanol–water partition coefficient (Wildman–Crippen LogP) is 4.48. The first-order valence-corrected chi connectivity index (χ1v) is 12.3. The second kappa shape index (κ2) is 10.4. The second-order valence-electron chi connectivity index (χ2n) is 7.44. The molecule has 0 unspecified atom stereocenters. The van der Waals surface area contributed by atoms with E-state index in [0.717, 1.165) is 23.8 Å². The van der Waals surface area contributed by atoms with Gasteiger partial charge in [-0.25, -0.2) is 8.42 Å². The summed E-state index contributed by atoms with van der Waals surface area (Å²) in [6, 6.07) is 19.7. The first-order valence-electron chi connectivity index (χ1n) is 10.4. The molecule has 174 valence electrons. The largest absolute Gasteiger partial charge is 0.493 e. The van der Waals surface area contributed by atoms with Gasteiger partial charge in [-0.15, -0.1) is 0 Å². The fourth-order valence-corrected chi connectivity index (χ4v) is 4.42. The van der Waals surface area contributed by atoms with E-state index in [1.165, 1.54) is 30.7 Å². The molecule has 0 aliphatic heterocycles. The van der Waals surface area contributed by atoms with Crippen molar-refractivity contribution in [2.24, 2.45) is 0 Å². The Morgan fingerprint density at radius 3 is 2.15 bits per heavy atom. The molecule has 0 spiro atoms. The molecule has 33 heavy (non-hydrogen) atoms. The number of aryl methyl sites for hydroxylation is 1. The average Bonchev–Trinajstić information content (AvgIpc) is 2.82. The summed E-state index contributed by atoms with van der Waals surface area (Å²) < 4.78 is 37.7. The van der Waals surface area contributed by atoms with Gasteiger partial charge in [-0.05, 0) is 29.7 Å². The zero-order valence-electron chi connectivity index (χ0n) is 19.2. The van der Waals surface area contributed by atoms with E-state index in [1.54, 1.807) is 0 Å². The number of benzene rings is 3. The van der Waals surface area contributed by atoms with Gasteiger partial charge in [0.15, 0.2) is 11.5 Å². The van der Waals surface area contributed by atoms with Crippen molar-refractivity contribution in [3.63, 3.8) is 0 Å². The minimum Gasteiger partial charge on any atom is -0.493 e. The molecule has 0 aliphatic carbocycles. The minimum absolute atomic E-state index is 0.0565. The van der Waals surface area contributed by atoms with Gasteiger partial charge >= 0.3 is 0 Å². The molecule has 0 aromatic heterocycles. The highest BCUT2D eigenvalue weighted by Crippen LogP contribution is 2.37. The molecule has 0 saturated heterocycles. The molecular formula is C25H28N2O5S. The van der Waals surface area contributed by atoms with Crippen molar-refractivity contribution in [3.8, 4) is 11.5 Å². The molecule has 1 amide bonds. The van der Waals surface area contributed by atoms with Crippen molar-refractivity contribution in [2.75, 3.05) is 30.1 Å². The monoisotopic (exact) mass is 468 g/mol. The van der Waals surface area contributed by atoms with E-state index in [4.69, 9.17) is 9.47 Å². The number of amides is 1. The summed E-state index contributed by atoms with van der Waals surface area (Å²) in [5.74, 6) is 0.191. The molecule has 7 nitrogen and oxygen atoms in total. The second-order valence-corrected chi connectivity index (χ2v) is 9.35. The Hall–Kier alpha value is -3.52. The molecule has 3 aromatic rings. The van der Waals surface area contributed by atoms with E-state index < -0.39 is 15.9 Å². The third kappa shape index (κ3) is 5.64. The molecule has 8 heteroatoms. The number of sulfonamides is 1. The van der Waals surface area contributed by atoms with E-state index in [2.05, 4.69) is 5.32 Å². The molecule has 0 saturated carbocycles. The van der Waals surface area contributed by atoms with Gasteiger partial charge in [0, 0.05) is 11.8 Å². The number of ether oxygens (including phenoxy) is 2. The van der Waals surface area contributed by atoms with Crippen LogP contribution in [0.15, 0.2) is 66.7 Å². The maximum atomic E-state index is 13.4. The summed E-state index contributed by atoms with van der Waals surface area (Å²) in [5, 5.41) is 2.92.